The summed E-state index contributed by atoms with van der Waals surface area (Å²) in [6.45, 7) is 0.831. The quantitative estimate of drug-likeness (QED) is 0.599. The van der Waals surface area contributed by atoms with Gasteiger partial charge in [-0.25, -0.2) is 18.1 Å². The Morgan fingerprint density at radius 2 is 2.20 bits per heavy atom. The van der Waals surface area contributed by atoms with Crippen molar-refractivity contribution in [2.24, 2.45) is 0 Å². The number of hydrogen-bond donors (Lipinski definition) is 3. The number of nitrogen functional groups attached to an aromatic ring is 1. The largest absolute Gasteiger partial charge is 0.384 e. The molecule has 84 valence electrons. The molecular formula is C8H14N4O2S. The SMILES string of the molecule is CS(=O)(=O)NCCNc1ccnc(N)c1. The zero-order chi connectivity index (χ0) is 11.3. The minimum absolute atomic E-state index is 0.334. The van der Waals surface area contributed by atoms with E-state index >= 15 is 0 Å². The van der Waals surface area contributed by atoms with Gasteiger partial charge in [0, 0.05) is 31.0 Å². The Labute approximate surface area is 88.9 Å². The highest BCUT2D eigenvalue weighted by atomic mass is 32.2. The molecule has 0 atom stereocenters. The normalized spacial score (nSPS) is 11.3. The van der Waals surface area contributed by atoms with E-state index in [1.54, 1.807) is 18.3 Å². The second-order valence-electron chi connectivity index (χ2n) is 3.06. The molecule has 0 saturated carbocycles. The number of nitrogens with zero attached hydrogens (tertiary/aromatic N) is 1. The fourth-order valence-corrected chi connectivity index (χ4v) is 1.47. The molecule has 0 spiro atoms. The van der Waals surface area contributed by atoms with Crippen LogP contribution in [0.5, 0.6) is 0 Å². The maximum atomic E-state index is 10.7. The van der Waals surface area contributed by atoms with E-state index in [1.165, 1.54) is 0 Å². The summed E-state index contributed by atoms with van der Waals surface area (Å²) in [4.78, 5) is 3.83. The lowest BCUT2D eigenvalue weighted by Gasteiger charge is -2.06. The van der Waals surface area contributed by atoms with Crippen molar-refractivity contribution in [1.82, 2.24) is 9.71 Å². The molecule has 0 bridgehead atoms. The van der Waals surface area contributed by atoms with Crippen LogP contribution in [0, 0.1) is 0 Å². The summed E-state index contributed by atoms with van der Waals surface area (Å²) < 4.78 is 23.8. The number of pyridine rings is 1. The van der Waals surface area contributed by atoms with Crippen LogP contribution < -0.4 is 15.8 Å². The standard InChI is InChI=1S/C8H14N4O2S/c1-15(13,14)12-5-4-10-7-2-3-11-8(9)6-7/h2-3,6,12H,4-5H2,1H3,(H3,9,10,11). The number of rotatable bonds is 5. The third-order valence-electron chi connectivity index (χ3n) is 1.60. The van der Waals surface area contributed by atoms with Gasteiger partial charge in [0.1, 0.15) is 5.82 Å². The van der Waals surface area contributed by atoms with Crippen molar-refractivity contribution in [3.63, 3.8) is 0 Å². The van der Waals surface area contributed by atoms with Crippen LogP contribution in [-0.2, 0) is 10.0 Å². The highest BCUT2D eigenvalue weighted by Gasteiger charge is 1.98. The minimum atomic E-state index is -3.11. The fraction of sp³-hybridized carbons (Fsp3) is 0.375. The first-order chi connectivity index (χ1) is 6.97. The average Bonchev–Trinajstić information content (AvgIpc) is 2.11. The van der Waals surface area contributed by atoms with Crippen LogP contribution >= 0.6 is 0 Å². The maximum absolute atomic E-state index is 10.7. The first kappa shape index (κ1) is 11.7. The van der Waals surface area contributed by atoms with Gasteiger partial charge in [-0.1, -0.05) is 0 Å². The molecule has 0 fully saturated rings. The smallest absolute Gasteiger partial charge is 0.208 e. The second kappa shape index (κ2) is 4.94. The van der Waals surface area contributed by atoms with Gasteiger partial charge in [-0.05, 0) is 6.07 Å². The number of hydrogen-bond acceptors (Lipinski definition) is 5. The summed E-state index contributed by atoms with van der Waals surface area (Å²) in [5, 5.41) is 3.01. The Morgan fingerprint density at radius 1 is 1.47 bits per heavy atom. The fourth-order valence-electron chi connectivity index (χ4n) is 1.00. The molecule has 1 aromatic rings. The van der Waals surface area contributed by atoms with E-state index in [4.69, 9.17) is 5.73 Å². The van der Waals surface area contributed by atoms with Gasteiger partial charge in [0.15, 0.2) is 0 Å². The van der Waals surface area contributed by atoms with Crippen LogP contribution in [-0.4, -0.2) is 32.7 Å². The van der Waals surface area contributed by atoms with Crippen molar-refractivity contribution in [3.8, 4) is 0 Å². The number of anilines is 2. The van der Waals surface area contributed by atoms with Crippen LogP contribution in [0.3, 0.4) is 0 Å². The van der Waals surface area contributed by atoms with Gasteiger partial charge >= 0.3 is 0 Å². The van der Waals surface area contributed by atoms with Gasteiger partial charge in [-0.3, -0.25) is 0 Å². The summed E-state index contributed by atoms with van der Waals surface area (Å²) in [6, 6.07) is 3.44. The minimum Gasteiger partial charge on any atom is -0.384 e. The Balaban J connectivity index is 2.32. The molecule has 15 heavy (non-hydrogen) atoms. The number of sulfonamides is 1. The van der Waals surface area contributed by atoms with Crippen molar-refractivity contribution < 1.29 is 8.42 Å². The molecule has 4 N–H and O–H groups in total. The topological polar surface area (TPSA) is 97.1 Å². The Kier molecular flexibility index (Phi) is 3.87. The molecule has 0 saturated heterocycles. The Hall–Kier alpha value is -1.34. The molecule has 6 nitrogen and oxygen atoms in total. The van der Waals surface area contributed by atoms with Crippen molar-refractivity contribution >= 4 is 21.5 Å². The van der Waals surface area contributed by atoms with Crippen LogP contribution in [0.1, 0.15) is 0 Å². The third kappa shape index (κ3) is 5.18. The molecule has 0 radical (unpaired) electrons. The number of nitrogens with one attached hydrogen (secondary N) is 2. The summed E-state index contributed by atoms with van der Waals surface area (Å²) in [6.07, 6.45) is 2.71. The summed E-state index contributed by atoms with van der Waals surface area (Å²) in [7, 11) is -3.11. The van der Waals surface area contributed by atoms with Crippen LogP contribution in [0.15, 0.2) is 18.3 Å². The molecule has 0 amide bonds. The predicted molar refractivity (Wildman–Crippen MR) is 60.0 cm³/mol. The van der Waals surface area contributed by atoms with Gasteiger partial charge in [-0.15, -0.1) is 0 Å². The predicted octanol–water partition coefficient (Wildman–Crippen LogP) is -0.375. The van der Waals surface area contributed by atoms with E-state index in [0.717, 1.165) is 11.9 Å². The summed E-state index contributed by atoms with van der Waals surface area (Å²) in [5.41, 5.74) is 6.29. The van der Waals surface area contributed by atoms with Gasteiger partial charge in [0.2, 0.25) is 10.0 Å². The van der Waals surface area contributed by atoms with Crippen LogP contribution in [0.2, 0.25) is 0 Å². The first-order valence-electron chi connectivity index (χ1n) is 4.37. The highest BCUT2D eigenvalue weighted by Crippen LogP contribution is 2.07. The molecule has 0 unspecified atom stereocenters. The molecule has 0 aliphatic rings. The van der Waals surface area contributed by atoms with Crippen LogP contribution in [0.4, 0.5) is 11.5 Å². The number of nitrogens with two attached hydrogens (primary N) is 1. The monoisotopic (exact) mass is 230 g/mol. The van der Waals surface area contributed by atoms with Gasteiger partial charge in [0.25, 0.3) is 0 Å². The van der Waals surface area contributed by atoms with Crippen molar-refractivity contribution in [2.45, 2.75) is 0 Å². The highest BCUT2D eigenvalue weighted by molar-refractivity contribution is 7.88. The van der Waals surface area contributed by atoms with Crippen molar-refractivity contribution in [2.75, 3.05) is 30.4 Å². The molecule has 0 aromatic carbocycles. The summed E-state index contributed by atoms with van der Waals surface area (Å²) >= 11 is 0. The molecule has 1 rings (SSSR count). The lowest BCUT2D eigenvalue weighted by molar-refractivity contribution is 0.589. The van der Waals surface area contributed by atoms with Gasteiger partial charge < -0.3 is 11.1 Å². The average molecular weight is 230 g/mol. The Bertz CT molecular complexity index is 418. The number of aromatic nitrogens is 1. The first-order valence-corrected chi connectivity index (χ1v) is 6.26. The van der Waals surface area contributed by atoms with Gasteiger partial charge in [0.05, 0.1) is 6.26 Å². The third-order valence-corrected chi connectivity index (χ3v) is 2.33. The zero-order valence-corrected chi connectivity index (χ0v) is 9.21. The summed E-state index contributed by atoms with van der Waals surface area (Å²) in [5.74, 6) is 0.427. The maximum Gasteiger partial charge on any atom is 0.208 e. The molecular weight excluding hydrogens is 216 g/mol. The second-order valence-corrected chi connectivity index (χ2v) is 4.90. The molecule has 0 aliphatic carbocycles. The molecule has 0 aliphatic heterocycles. The lowest BCUT2D eigenvalue weighted by Crippen LogP contribution is -2.27. The molecule has 1 aromatic heterocycles. The van der Waals surface area contributed by atoms with E-state index < -0.39 is 10.0 Å². The molecule has 1 heterocycles. The van der Waals surface area contributed by atoms with E-state index in [9.17, 15) is 8.42 Å². The van der Waals surface area contributed by atoms with E-state index in [2.05, 4.69) is 15.0 Å². The van der Waals surface area contributed by atoms with E-state index in [-0.39, 0.29) is 0 Å². The lowest BCUT2D eigenvalue weighted by atomic mass is 10.4. The van der Waals surface area contributed by atoms with Crippen molar-refractivity contribution in [3.05, 3.63) is 18.3 Å². The van der Waals surface area contributed by atoms with Crippen LogP contribution in [0.25, 0.3) is 0 Å². The zero-order valence-electron chi connectivity index (χ0n) is 8.40. The molecule has 7 heteroatoms. The van der Waals surface area contributed by atoms with E-state index in [0.29, 0.717) is 18.9 Å². The Morgan fingerprint density at radius 3 is 2.80 bits per heavy atom. The van der Waals surface area contributed by atoms with Gasteiger partial charge in [-0.2, -0.15) is 0 Å². The van der Waals surface area contributed by atoms with Crippen molar-refractivity contribution in [1.29, 1.82) is 0 Å². The van der Waals surface area contributed by atoms with E-state index in [1.807, 2.05) is 0 Å².